The Bertz CT molecular complexity index is 978. The van der Waals surface area contributed by atoms with Crippen LogP contribution in [0, 0.1) is 0 Å². The fourth-order valence-electron chi connectivity index (χ4n) is 3.80. The number of benzene rings is 1. The number of ether oxygens (including phenoxy) is 1. The Labute approximate surface area is 152 Å². The van der Waals surface area contributed by atoms with Crippen LogP contribution < -0.4 is 4.72 Å². The lowest BCUT2D eigenvalue weighted by atomic mass is 9.91. The summed E-state index contributed by atoms with van der Waals surface area (Å²) in [4.78, 5) is 12.6. The largest absolute Gasteiger partial charge is 0.364 e. The predicted molar refractivity (Wildman–Crippen MR) is 94.9 cm³/mol. The molecule has 1 aromatic carbocycles. The fraction of sp³-hybridized carbons (Fsp3) is 0.444. The van der Waals surface area contributed by atoms with Crippen LogP contribution in [0.5, 0.6) is 0 Å². The first-order chi connectivity index (χ1) is 12.3. The number of nitrogens with zero attached hydrogens (tertiary/aromatic N) is 1. The Morgan fingerprint density at radius 1 is 1.35 bits per heavy atom. The number of H-pyrrole nitrogens is 1. The van der Waals surface area contributed by atoms with Gasteiger partial charge >= 0.3 is 0 Å². The minimum Gasteiger partial charge on any atom is -0.364 e. The Balaban J connectivity index is 1.61. The highest BCUT2D eigenvalue weighted by molar-refractivity contribution is 7.90. The molecule has 1 aliphatic carbocycles. The Morgan fingerprint density at radius 3 is 2.92 bits per heavy atom. The normalized spacial score (nSPS) is 21.1. The number of fused-ring (bicyclic) bond motifs is 2. The van der Waals surface area contributed by atoms with Gasteiger partial charge in [-0.25, -0.2) is 13.1 Å². The predicted octanol–water partition coefficient (Wildman–Crippen LogP) is 2.31. The van der Waals surface area contributed by atoms with Crippen molar-refractivity contribution in [2.75, 3.05) is 0 Å². The lowest BCUT2D eigenvalue weighted by Gasteiger charge is -2.25. The molecule has 1 aromatic heterocycles. The van der Waals surface area contributed by atoms with Crippen molar-refractivity contribution in [3.63, 3.8) is 0 Å². The third kappa shape index (κ3) is 2.73. The van der Waals surface area contributed by atoms with Gasteiger partial charge in [0, 0.05) is 5.56 Å². The van der Waals surface area contributed by atoms with Crippen molar-refractivity contribution in [3.8, 4) is 0 Å². The van der Waals surface area contributed by atoms with Crippen LogP contribution in [-0.4, -0.2) is 24.5 Å². The van der Waals surface area contributed by atoms with E-state index in [1.807, 2.05) is 38.1 Å². The summed E-state index contributed by atoms with van der Waals surface area (Å²) in [5.41, 5.74) is 2.64. The molecule has 26 heavy (non-hydrogen) atoms. The highest BCUT2D eigenvalue weighted by Gasteiger charge is 2.39. The molecular formula is C18H21N3O4S. The van der Waals surface area contributed by atoms with Gasteiger partial charge in [-0.15, -0.1) is 0 Å². The van der Waals surface area contributed by atoms with E-state index in [0.29, 0.717) is 17.7 Å². The molecule has 0 bridgehead atoms. The van der Waals surface area contributed by atoms with Crippen molar-refractivity contribution in [2.45, 2.75) is 50.6 Å². The number of sulfonamides is 1. The van der Waals surface area contributed by atoms with Gasteiger partial charge in [-0.3, -0.25) is 9.89 Å². The smallest absolute Gasteiger partial charge is 0.285 e. The number of aryl methyl sites for hydroxylation is 1. The molecule has 1 unspecified atom stereocenters. The molecule has 0 radical (unpaired) electrons. The van der Waals surface area contributed by atoms with Gasteiger partial charge in [-0.05, 0) is 44.2 Å². The molecule has 138 valence electrons. The summed E-state index contributed by atoms with van der Waals surface area (Å²) >= 11 is 0. The van der Waals surface area contributed by atoms with E-state index in [1.54, 1.807) is 0 Å². The lowest BCUT2D eigenvalue weighted by Crippen LogP contribution is -2.36. The van der Waals surface area contributed by atoms with Crippen LogP contribution in [0.3, 0.4) is 0 Å². The van der Waals surface area contributed by atoms with Crippen molar-refractivity contribution in [2.24, 2.45) is 0 Å². The zero-order valence-electron chi connectivity index (χ0n) is 14.7. The molecule has 1 atom stereocenters. The number of nitrogens with one attached hydrogen (secondary N) is 2. The standard InChI is InChI=1S/C18H21N3O4S/c1-18(2)16-13(10-25-18)15(19-20-16)17(22)21-26(23,24)14-9-5-7-11-6-3-4-8-12(11)14/h3-4,6,8,14H,5,7,9-10H2,1-2H3,(H,19,20)(H,21,22). The van der Waals surface area contributed by atoms with E-state index in [0.717, 1.165) is 24.0 Å². The van der Waals surface area contributed by atoms with Crippen LogP contribution in [0.4, 0.5) is 0 Å². The van der Waals surface area contributed by atoms with Crippen molar-refractivity contribution >= 4 is 15.9 Å². The molecule has 7 nitrogen and oxygen atoms in total. The second-order valence-corrected chi connectivity index (χ2v) is 9.14. The van der Waals surface area contributed by atoms with Crippen LogP contribution in [0.2, 0.25) is 0 Å². The van der Waals surface area contributed by atoms with Gasteiger partial charge in [0.05, 0.1) is 12.3 Å². The third-order valence-electron chi connectivity index (χ3n) is 5.19. The Morgan fingerprint density at radius 2 is 2.12 bits per heavy atom. The lowest BCUT2D eigenvalue weighted by molar-refractivity contribution is -0.0114. The number of amides is 1. The number of aromatic amines is 1. The highest BCUT2D eigenvalue weighted by Crippen LogP contribution is 2.37. The molecule has 4 rings (SSSR count). The Kier molecular flexibility index (Phi) is 3.92. The summed E-state index contributed by atoms with van der Waals surface area (Å²) in [6.07, 6.45) is 2.13. The number of rotatable bonds is 3. The number of carbonyl (C=O) groups excluding carboxylic acids is 1. The molecule has 0 fully saturated rings. The van der Waals surface area contributed by atoms with Crippen LogP contribution in [0.15, 0.2) is 24.3 Å². The fourth-order valence-corrected chi connectivity index (χ4v) is 5.34. The van der Waals surface area contributed by atoms with E-state index < -0.39 is 26.8 Å². The van der Waals surface area contributed by atoms with Gasteiger partial charge in [0.15, 0.2) is 5.69 Å². The first kappa shape index (κ1) is 17.2. The highest BCUT2D eigenvalue weighted by atomic mass is 32.2. The second-order valence-electron chi connectivity index (χ2n) is 7.28. The van der Waals surface area contributed by atoms with E-state index in [1.165, 1.54) is 0 Å². The molecular weight excluding hydrogens is 354 g/mol. The zero-order valence-corrected chi connectivity index (χ0v) is 15.5. The second kappa shape index (κ2) is 5.92. The van der Waals surface area contributed by atoms with Crippen LogP contribution in [0.25, 0.3) is 0 Å². The van der Waals surface area contributed by atoms with E-state index in [9.17, 15) is 13.2 Å². The van der Waals surface area contributed by atoms with Crippen LogP contribution in [-0.2, 0) is 33.4 Å². The average Bonchev–Trinajstić information content (AvgIpc) is 3.15. The zero-order chi connectivity index (χ0) is 18.5. The van der Waals surface area contributed by atoms with E-state index >= 15 is 0 Å². The molecule has 1 aliphatic heterocycles. The molecule has 0 saturated carbocycles. The van der Waals surface area contributed by atoms with Crippen LogP contribution >= 0.6 is 0 Å². The molecule has 0 spiro atoms. The molecule has 1 amide bonds. The molecule has 0 saturated heterocycles. The van der Waals surface area contributed by atoms with Crippen molar-refractivity contribution in [3.05, 3.63) is 52.3 Å². The summed E-state index contributed by atoms with van der Waals surface area (Å²) < 4.78 is 33.6. The van der Waals surface area contributed by atoms with E-state index in [-0.39, 0.29) is 12.3 Å². The van der Waals surface area contributed by atoms with Gasteiger partial charge in [0.1, 0.15) is 10.9 Å². The minimum atomic E-state index is -3.86. The van der Waals surface area contributed by atoms with Gasteiger partial charge in [-0.1, -0.05) is 24.3 Å². The topological polar surface area (TPSA) is 101 Å². The van der Waals surface area contributed by atoms with Crippen molar-refractivity contribution < 1.29 is 17.9 Å². The van der Waals surface area contributed by atoms with E-state index in [4.69, 9.17) is 4.74 Å². The SMILES string of the molecule is CC1(C)OCc2c(C(=O)NS(=O)(=O)C3CCCc4ccccc43)n[nH]c21. The summed E-state index contributed by atoms with van der Waals surface area (Å²) in [5, 5.41) is 6.11. The molecule has 2 heterocycles. The third-order valence-corrected chi connectivity index (χ3v) is 6.89. The maximum absolute atomic E-state index is 12.9. The maximum atomic E-state index is 12.9. The molecule has 8 heteroatoms. The molecule has 2 N–H and O–H groups in total. The van der Waals surface area contributed by atoms with Gasteiger partial charge < -0.3 is 4.74 Å². The molecule has 2 aromatic rings. The van der Waals surface area contributed by atoms with Crippen molar-refractivity contribution in [1.82, 2.24) is 14.9 Å². The van der Waals surface area contributed by atoms with Crippen molar-refractivity contribution in [1.29, 1.82) is 0 Å². The monoisotopic (exact) mass is 375 g/mol. The maximum Gasteiger partial charge on any atom is 0.285 e. The summed E-state index contributed by atoms with van der Waals surface area (Å²) in [5.74, 6) is -0.716. The summed E-state index contributed by atoms with van der Waals surface area (Å²) in [6.45, 7) is 3.97. The first-order valence-corrected chi connectivity index (χ1v) is 10.2. The minimum absolute atomic E-state index is 0.0817. The van der Waals surface area contributed by atoms with Gasteiger partial charge in [0.25, 0.3) is 5.91 Å². The number of aromatic nitrogens is 2. The summed E-state index contributed by atoms with van der Waals surface area (Å²) in [6, 6.07) is 7.50. The molecule has 2 aliphatic rings. The van der Waals surface area contributed by atoms with E-state index in [2.05, 4.69) is 14.9 Å². The average molecular weight is 375 g/mol. The number of hydrogen-bond acceptors (Lipinski definition) is 5. The first-order valence-electron chi connectivity index (χ1n) is 8.65. The number of hydrogen-bond donors (Lipinski definition) is 2. The van der Waals surface area contributed by atoms with Gasteiger partial charge in [0.2, 0.25) is 10.0 Å². The van der Waals surface area contributed by atoms with Crippen LogP contribution in [0.1, 0.15) is 64.8 Å². The number of carbonyl (C=O) groups is 1. The van der Waals surface area contributed by atoms with Gasteiger partial charge in [-0.2, -0.15) is 5.10 Å². The Hall–Kier alpha value is -2.19. The summed E-state index contributed by atoms with van der Waals surface area (Å²) in [7, 11) is -3.86. The quantitative estimate of drug-likeness (QED) is 0.857.